The molecule has 0 bridgehead atoms. The van der Waals surface area contributed by atoms with Crippen LogP contribution in [0.25, 0.3) is 6.08 Å². The largest absolute Gasteiger partial charge is 0.219 e. The van der Waals surface area contributed by atoms with Crippen LogP contribution in [-0.4, -0.2) is 8.42 Å². The monoisotopic (exact) mass is 370 g/mol. The Morgan fingerprint density at radius 1 is 0.769 bits per heavy atom. The molecule has 26 heavy (non-hydrogen) atoms. The molecule has 0 spiro atoms. The number of benzene rings is 2. The summed E-state index contributed by atoms with van der Waals surface area (Å²) in [6.45, 7) is 12.5. The Morgan fingerprint density at radius 3 is 1.69 bits per heavy atom. The van der Waals surface area contributed by atoms with Crippen LogP contribution in [0.3, 0.4) is 0 Å². The second kappa shape index (κ2) is 8.22. The third-order valence-corrected chi connectivity index (χ3v) is 6.14. The van der Waals surface area contributed by atoms with Gasteiger partial charge in [-0.3, -0.25) is 0 Å². The maximum absolute atomic E-state index is 13.3. The van der Waals surface area contributed by atoms with Crippen molar-refractivity contribution < 1.29 is 8.42 Å². The summed E-state index contributed by atoms with van der Waals surface area (Å²) in [5.74, 6) is 0.642. The lowest BCUT2D eigenvalue weighted by Crippen LogP contribution is -2.10. The van der Waals surface area contributed by atoms with E-state index in [1.54, 1.807) is 6.08 Å². The van der Waals surface area contributed by atoms with E-state index in [0.29, 0.717) is 10.8 Å². The second-order valence-electron chi connectivity index (χ2n) is 7.75. The van der Waals surface area contributed by atoms with Crippen molar-refractivity contribution in [1.82, 2.24) is 0 Å². The predicted molar refractivity (Wildman–Crippen MR) is 111 cm³/mol. The first-order chi connectivity index (χ1) is 12.1. The average Bonchev–Trinajstić information content (AvgIpc) is 2.59. The van der Waals surface area contributed by atoms with Crippen LogP contribution in [0, 0.1) is 0 Å². The van der Waals surface area contributed by atoms with Crippen LogP contribution in [0.4, 0.5) is 0 Å². The van der Waals surface area contributed by atoms with E-state index in [0.717, 1.165) is 16.7 Å². The third-order valence-electron chi connectivity index (χ3n) is 4.60. The van der Waals surface area contributed by atoms with E-state index in [9.17, 15) is 8.42 Å². The number of hydrogen-bond acceptors (Lipinski definition) is 2. The molecular weight excluding hydrogens is 340 g/mol. The van der Waals surface area contributed by atoms with E-state index >= 15 is 0 Å². The fourth-order valence-electron chi connectivity index (χ4n) is 3.02. The van der Waals surface area contributed by atoms with Gasteiger partial charge in [-0.25, -0.2) is 8.42 Å². The van der Waals surface area contributed by atoms with Gasteiger partial charge >= 0.3 is 0 Å². The molecule has 0 saturated carbocycles. The Hall–Kier alpha value is -1.87. The molecule has 2 nitrogen and oxygen atoms in total. The molecule has 0 fully saturated rings. The quantitative estimate of drug-likeness (QED) is 0.581. The maximum atomic E-state index is 13.3. The van der Waals surface area contributed by atoms with Crippen LogP contribution in [0.5, 0.6) is 0 Å². The Kier molecular flexibility index (Phi) is 6.46. The Morgan fingerprint density at radius 2 is 1.27 bits per heavy atom. The summed E-state index contributed by atoms with van der Waals surface area (Å²) in [4.78, 5) is 0.485. The van der Waals surface area contributed by atoms with Crippen LogP contribution >= 0.6 is 0 Å². The molecule has 2 rings (SSSR count). The molecule has 0 N–H and O–H groups in total. The first-order valence-corrected chi connectivity index (χ1v) is 10.8. The van der Waals surface area contributed by atoms with Crippen LogP contribution in [0.15, 0.2) is 52.8 Å². The van der Waals surface area contributed by atoms with Gasteiger partial charge in [0, 0.05) is 5.41 Å². The summed E-state index contributed by atoms with van der Waals surface area (Å²) in [5.41, 5.74) is 3.91. The minimum atomic E-state index is -3.53. The smallest absolute Gasteiger partial charge is 0.200 e. The van der Waals surface area contributed by atoms with Gasteiger partial charge in [0.15, 0.2) is 9.84 Å². The molecule has 0 aliphatic rings. The molecule has 0 saturated heterocycles. The van der Waals surface area contributed by atoms with Gasteiger partial charge in [0.05, 0.1) is 4.90 Å². The van der Waals surface area contributed by atoms with Crippen molar-refractivity contribution in [2.45, 2.75) is 64.2 Å². The molecule has 0 aliphatic carbocycles. The zero-order valence-electron chi connectivity index (χ0n) is 16.7. The van der Waals surface area contributed by atoms with Gasteiger partial charge in [-0.2, -0.15) is 0 Å². The van der Waals surface area contributed by atoms with Crippen molar-refractivity contribution in [1.29, 1.82) is 0 Å². The highest BCUT2D eigenvalue weighted by Crippen LogP contribution is 2.36. The minimum Gasteiger partial charge on any atom is -0.219 e. The van der Waals surface area contributed by atoms with Crippen molar-refractivity contribution >= 4 is 15.9 Å². The zero-order chi connectivity index (χ0) is 19.5. The van der Waals surface area contributed by atoms with E-state index in [2.05, 4.69) is 53.7 Å². The third kappa shape index (κ3) is 4.64. The first-order valence-electron chi connectivity index (χ1n) is 9.29. The topological polar surface area (TPSA) is 34.1 Å². The highest BCUT2D eigenvalue weighted by Gasteiger charge is 2.25. The van der Waals surface area contributed by atoms with Gasteiger partial charge in [-0.1, -0.05) is 84.0 Å². The van der Waals surface area contributed by atoms with Crippen LogP contribution in [0.2, 0.25) is 0 Å². The van der Waals surface area contributed by atoms with Crippen molar-refractivity contribution in [3.8, 4) is 0 Å². The molecule has 0 aliphatic heterocycles. The Balaban J connectivity index is 2.67. The van der Waals surface area contributed by atoms with E-state index in [1.807, 2.05) is 30.3 Å². The molecule has 0 radical (unpaired) electrons. The molecule has 0 atom stereocenters. The second-order valence-corrected chi connectivity index (χ2v) is 9.52. The van der Waals surface area contributed by atoms with Crippen LogP contribution < -0.4 is 0 Å². The van der Waals surface area contributed by atoms with Crippen molar-refractivity contribution in [3.63, 3.8) is 0 Å². The highest BCUT2D eigenvalue weighted by atomic mass is 32.2. The molecule has 2 aromatic carbocycles. The fourth-order valence-corrected chi connectivity index (χ4v) is 4.74. The molecule has 0 heterocycles. The van der Waals surface area contributed by atoms with Gasteiger partial charge in [0.25, 0.3) is 0 Å². The van der Waals surface area contributed by atoms with E-state index in [-0.39, 0.29) is 11.8 Å². The standard InChI is InChI=1S/C23H30O2S/c1-16(2)20-14-21(17(3)4)23(22(15-20)18(5)6)26(24,25)13-12-19-10-8-7-9-11-19/h7-18H,1-6H3. The summed E-state index contributed by atoms with van der Waals surface area (Å²) < 4.78 is 26.5. The van der Waals surface area contributed by atoms with Gasteiger partial charge in [0.2, 0.25) is 0 Å². The van der Waals surface area contributed by atoms with Gasteiger partial charge in [0.1, 0.15) is 0 Å². The molecule has 140 valence electrons. The minimum absolute atomic E-state index is 0.140. The summed E-state index contributed by atoms with van der Waals surface area (Å²) in [5, 5.41) is 1.35. The zero-order valence-corrected chi connectivity index (χ0v) is 17.5. The Bertz CT molecular complexity index is 845. The van der Waals surface area contributed by atoms with Gasteiger partial charge < -0.3 is 0 Å². The first kappa shape index (κ1) is 20.4. The normalized spacial score (nSPS) is 12.7. The fraction of sp³-hybridized carbons (Fsp3) is 0.391. The van der Waals surface area contributed by atoms with Crippen LogP contribution in [-0.2, 0) is 9.84 Å². The van der Waals surface area contributed by atoms with E-state index < -0.39 is 9.84 Å². The number of hydrogen-bond donors (Lipinski definition) is 0. The van der Waals surface area contributed by atoms with Crippen molar-refractivity contribution in [2.24, 2.45) is 0 Å². The number of sulfone groups is 1. The lowest BCUT2D eigenvalue weighted by atomic mass is 9.89. The van der Waals surface area contributed by atoms with E-state index in [4.69, 9.17) is 0 Å². The number of rotatable bonds is 6. The maximum Gasteiger partial charge on any atom is 0.200 e. The molecular formula is C23H30O2S. The molecule has 0 aromatic heterocycles. The van der Waals surface area contributed by atoms with Crippen LogP contribution in [0.1, 0.15) is 81.5 Å². The SMILES string of the molecule is CC(C)c1cc(C(C)C)c(S(=O)(=O)C=Cc2ccccc2)c(C(C)C)c1. The summed E-state index contributed by atoms with van der Waals surface area (Å²) in [7, 11) is -3.53. The molecule has 0 amide bonds. The van der Waals surface area contributed by atoms with Crippen molar-refractivity contribution in [3.05, 3.63) is 70.1 Å². The summed E-state index contributed by atoms with van der Waals surface area (Å²) in [6, 6.07) is 13.7. The molecule has 3 heteroatoms. The Labute approximate surface area is 158 Å². The van der Waals surface area contributed by atoms with E-state index in [1.165, 1.54) is 11.0 Å². The lowest BCUT2D eigenvalue weighted by Gasteiger charge is -2.21. The lowest BCUT2D eigenvalue weighted by molar-refractivity contribution is 0.599. The summed E-state index contributed by atoms with van der Waals surface area (Å²) in [6.07, 6.45) is 1.68. The summed E-state index contributed by atoms with van der Waals surface area (Å²) >= 11 is 0. The van der Waals surface area contributed by atoms with Gasteiger partial charge in [-0.05, 0) is 46.1 Å². The van der Waals surface area contributed by atoms with Gasteiger partial charge in [-0.15, -0.1) is 0 Å². The predicted octanol–water partition coefficient (Wildman–Crippen LogP) is 6.50. The highest BCUT2D eigenvalue weighted by molar-refractivity contribution is 7.94. The molecule has 2 aromatic rings. The van der Waals surface area contributed by atoms with Crippen molar-refractivity contribution in [2.75, 3.05) is 0 Å². The molecule has 0 unspecified atom stereocenters. The average molecular weight is 371 g/mol.